The minimum Gasteiger partial charge on any atom is -0.360 e. The van der Waals surface area contributed by atoms with Gasteiger partial charge in [-0.15, -0.1) is 0 Å². The van der Waals surface area contributed by atoms with E-state index in [4.69, 9.17) is 12.2 Å². The number of thiocarbonyl (C=S) groups is 1. The molecule has 1 aliphatic carbocycles. The molecule has 1 saturated carbocycles. The number of nitrogens with one attached hydrogen (secondary N) is 2. The molecular formula is C10H9F3N2S. The Morgan fingerprint density at radius 3 is 2.56 bits per heavy atom. The first-order valence-electron chi connectivity index (χ1n) is 4.78. The van der Waals surface area contributed by atoms with Gasteiger partial charge in [-0.3, -0.25) is 0 Å². The summed E-state index contributed by atoms with van der Waals surface area (Å²) in [5.74, 6) is -3.23. The standard InChI is InChI=1S/C10H9F3N2S/c11-5-3-7(12)9(13)8(4-5)15-10(16)14-6-1-2-6/h3-4,6H,1-2H2,(H2,14,15,16). The van der Waals surface area contributed by atoms with Crippen molar-refractivity contribution in [2.75, 3.05) is 5.32 Å². The summed E-state index contributed by atoms with van der Waals surface area (Å²) < 4.78 is 38.9. The normalized spacial score (nSPS) is 14.7. The minimum absolute atomic E-state index is 0.173. The van der Waals surface area contributed by atoms with Gasteiger partial charge in [0.1, 0.15) is 5.82 Å². The van der Waals surface area contributed by atoms with Crippen LogP contribution in [0.5, 0.6) is 0 Å². The molecule has 6 heteroatoms. The highest BCUT2D eigenvalue weighted by atomic mass is 32.1. The van der Waals surface area contributed by atoms with E-state index in [2.05, 4.69) is 10.6 Å². The molecule has 1 aromatic rings. The Bertz CT molecular complexity index is 432. The van der Waals surface area contributed by atoms with Gasteiger partial charge >= 0.3 is 0 Å². The Labute approximate surface area is 95.8 Å². The van der Waals surface area contributed by atoms with Crippen LogP contribution in [0.25, 0.3) is 0 Å². The average molecular weight is 246 g/mol. The molecule has 2 nitrogen and oxygen atoms in total. The van der Waals surface area contributed by atoms with E-state index in [-0.39, 0.29) is 10.8 Å². The van der Waals surface area contributed by atoms with E-state index < -0.39 is 17.5 Å². The first-order valence-corrected chi connectivity index (χ1v) is 5.19. The van der Waals surface area contributed by atoms with Gasteiger partial charge in [0, 0.05) is 18.2 Å². The van der Waals surface area contributed by atoms with Gasteiger partial charge in [0.05, 0.1) is 5.69 Å². The number of anilines is 1. The zero-order chi connectivity index (χ0) is 11.7. The molecule has 2 rings (SSSR count). The zero-order valence-electron chi connectivity index (χ0n) is 8.19. The van der Waals surface area contributed by atoms with Crippen molar-refractivity contribution in [3.05, 3.63) is 29.6 Å². The lowest BCUT2D eigenvalue weighted by Gasteiger charge is -2.10. The van der Waals surface area contributed by atoms with Crippen molar-refractivity contribution in [1.29, 1.82) is 0 Å². The van der Waals surface area contributed by atoms with Crippen LogP contribution in [0, 0.1) is 17.5 Å². The van der Waals surface area contributed by atoms with Crippen LogP contribution in [0.1, 0.15) is 12.8 Å². The second kappa shape index (κ2) is 4.29. The van der Waals surface area contributed by atoms with Crippen molar-refractivity contribution in [3.8, 4) is 0 Å². The van der Waals surface area contributed by atoms with Crippen LogP contribution in [0.15, 0.2) is 12.1 Å². The fraction of sp³-hybridized carbons (Fsp3) is 0.300. The SMILES string of the molecule is Fc1cc(F)c(F)c(NC(=S)NC2CC2)c1. The Morgan fingerprint density at radius 2 is 1.94 bits per heavy atom. The Kier molecular flexibility index (Phi) is 3.00. The van der Waals surface area contributed by atoms with Gasteiger partial charge in [0.25, 0.3) is 0 Å². The van der Waals surface area contributed by atoms with Crippen molar-refractivity contribution >= 4 is 23.0 Å². The lowest BCUT2D eigenvalue weighted by molar-refractivity contribution is 0.498. The van der Waals surface area contributed by atoms with Gasteiger partial charge in [-0.1, -0.05) is 0 Å². The van der Waals surface area contributed by atoms with Crippen LogP contribution in [0.2, 0.25) is 0 Å². The third kappa shape index (κ3) is 2.63. The minimum atomic E-state index is -1.24. The van der Waals surface area contributed by atoms with Gasteiger partial charge in [-0.25, -0.2) is 13.2 Å². The summed E-state index contributed by atoms with van der Waals surface area (Å²) in [6.45, 7) is 0. The Balaban J connectivity index is 2.10. The molecule has 0 unspecified atom stereocenters. The van der Waals surface area contributed by atoms with Crippen molar-refractivity contribution < 1.29 is 13.2 Å². The third-order valence-corrected chi connectivity index (χ3v) is 2.37. The van der Waals surface area contributed by atoms with Crippen molar-refractivity contribution in [3.63, 3.8) is 0 Å². The Hall–Kier alpha value is -1.30. The number of benzene rings is 1. The van der Waals surface area contributed by atoms with Crippen LogP contribution in [-0.4, -0.2) is 11.2 Å². The van der Waals surface area contributed by atoms with Gasteiger partial charge in [0.2, 0.25) is 0 Å². The summed E-state index contributed by atoms with van der Waals surface area (Å²) in [7, 11) is 0. The third-order valence-electron chi connectivity index (χ3n) is 2.15. The largest absolute Gasteiger partial charge is 0.360 e. The number of hydrogen-bond donors (Lipinski definition) is 2. The van der Waals surface area contributed by atoms with Crippen molar-refractivity contribution in [2.45, 2.75) is 18.9 Å². The summed E-state index contributed by atoms with van der Waals surface area (Å²) in [6.07, 6.45) is 2.00. The highest BCUT2D eigenvalue weighted by molar-refractivity contribution is 7.80. The Morgan fingerprint density at radius 1 is 1.25 bits per heavy atom. The molecule has 0 spiro atoms. The molecule has 1 fully saturated rings. The van der Waals surface area contributed by atoms with E-state index in [0.29, 0.717) is 12.1 Å². The van der Waals surface area contributed by atoms with Crippen LogP contribution >= 0.6 is 12.2 Å². The second-order valence-corrected chi connectivity index (χ2v) is 4.03. The number of halogens is 3. The molecule has 16 heavy (non-hydrogen) atoms. The van der Waals surface area contributed by atoms with E-state index in [0.717, 1.165) is 18.9 Å². The second-order valence-electron chi connectivity index (χ2n) is 3.62. The smallest absolute Gasteiger partial charge is 0.182 e. The lowest BCUT2D eigenvalue weighted by Crippen LogP contribution is -2.30. The van der Waals surface area contributed by atoms with Crippen LogP contribution in [0.4, 0.5) is 18.9 Å². The first kappa shape index (κ1) is 11.2. The first-order chi connectivity index (χ1) is 7.56. The van der Waals surface area contributed by atoms with Crippen molar-refractivity contribution in [2.24, 2.45) is 0 Å². The van der Waals surface area contributed by atoms with Crippen LogP contribution in [-0.2, 0) is 0 Å². The molecule has 0 amide bonds. The summed E-state index contributed by atoms with van der Waals surface area (Å²) in [5.41, 5.74) is -0.296. The van der Waals surface area contributed by atoms with E-state index in [9.17, 15) is 13.2 Å². The number of hydrogen-bond acceptors (Lipinski definition) is 1. The van der Waals surface area contributed by atoms with Gasteiger partial charge < -0.3 is 10.6 Å². The monoisotopic (exact) mass is 246 g/mol. The number of rotatable bonds is 2. The topological polar surface area (TPSA) is 24.1 Å². The maximum Gasteiger partial charge on any atom is 0.182 e. The molecule has 0 heterocycles. The van der Waals surface area contributed by atoms with Gasteiger partial charge in [-0.2, -0.15) is 0 Å². The highest BCUT2D eigenvalue weighted by Gasteiger charge is 2.22. The van der Waals surface area contributed by atoms with Crippen LogP contribution < -0.4 is 10.6 Å². The van der Waals surface area contributed by atoms with Crippen LogP contribution in [0.3, 0.4) is 0 Å². The van der Waals surface area contributed by atoms with Crippen molar-refractivity contribution in [1.82, 2.24) is 5.32 Å². The molecule has 0 atom stereocenters. The highest BCUT2D eigenvalue weighted by Crippen LogP contribution is 2.21. The summed E-state index contributed by atoms with van der Waals surface area (Å²) in [5, 5.41) is 5.48. The average Bonchev–Trinajstić information content (AvgIpc) is 2.97. The zero-order valence-corrected chi connectivity index (χ0v) is 9.00. The maximum absolute atomic E-state index is 13.2. The molecular weight excluding hydrogens is 237 g/mol. The van der Waals surface area contributed by atoms with E-state index in [1.165, 1.54) is 0 Å². The quantitative estimate of drug-likeness (QED) is 0.619. The fourth-order valence-corrected chi connectivity index (χ4v) is 1.50. The summed E-state index contributed by atoms with van der Waals surface area (Å²) >= 11 is 4.86. The van der Waals surface area contributed by atoms with Gasteiger partial charge in [0.15, 0.2) is 16.7 Å². The van der Waals surface area contributed by atoms with E-state index in [1.54, 1.807) is 0 Å². The molecule has 0 saturated heterocycles. The molecule has 2 N–H and O–H groups in total. The maximum atomic E-state index is 13.2. The predicted octanol–water partition coefficient (Wildman–Crippen LogP) is 2.55. The summed E-state index contributed by atoms with van der Waals surface area (Å²) in [4.78, 5) is 0. The van der Waals surface area contributed by atoms with E-state index in [1.807, 2.05) is 0 Å². The van der Waals surface area contributed by atoms with E-state index >= 15 is 0 Å². The van der Waals surface area contributed by atoms with Gasteiger partial charge in [-0.05, 0) is 25.1 Å². The fourth-order valence-electron chi connectivity index (χ4n) is 1.22. The molecule has 0 aliphatic heterocycles. The molecule has 0 aromatic heterocycles. The molecule has 1 aliphatic rings. The summed E-state index contributed by atoms with van der Waals surface area (Å²) in [6, 6.07) is 1.64. The molecule has 1 aromatic carbocycles. The lowest BCUT2D eigenvalue weighted by atomic mass is 10.3. The predicted molar refractivity (Wildman–Crippen MR) is 58.7 cm³/mol. The molecule has 86 valence electrons. The molecule has 0 bridgehead atoms. The molecule has 0 radical (unpaired) electrons.